The van der Waals surface area contributed by atoms with Crippen molar-refractivity contribution in [3.63, 3.8) is 0 Å². The Morgan fingerprint density at radius 2 is 1.18 bits per heavy atom. The quantitative estimate of drug-likeness (QED) is 0.344. The van der Waals surface area contributed by atoms with E-state index in [0.717, 1.165) is 12.1 Å². The van der Waals surface area contributed by atoms with Crippen molar-refractivity contribution >= 4 is 52.7 Å². The van der Waals surface area contributed by atoms with Gasteiger partial charge in [0, 0.05) is 10.0 Å². The molecule has 0 saturated heterocycles. The molecule has 0 radical (unpaired) electrons. The molecule has 0 aliphatic heterocycles. The van der Waals surface area contributed by atoms with Crippen LogP contribution in [0.1, 0.15) is 26.3 Å². The minimum atomic E-state index is -4.88. The zero-order valence-corrected chi connectivity index (χ0v) is 20.4. The van der Waals surface area contributed by atoms with Crippen LogP contribution in [0.4, 0.5) is 18.9 Å². The number of nitrogens with one attached hydrogen (secondary N) is 1. The second-order valence-corrected chi connectivity index (χ2v) is 8.41. The van der Waals surface area contributed by atoms with Crippen LogP contribution >= 0.6 is 23.2 Å². The first-order valence-corrected chi connectivity index (χ1v) is 11.3. The number of esters is 2. The van der Waals surface area contributed by atoms with Crippen molar-refractivity contribution in [2.24, 2.45) is 0 Å². The fraction of sp³-hybridized carbons (Fsp3) is 0.120. The monoisotopic (exact) mass is 569 g/mol. The standard InChI is InChI=1S/C25H16Cl2F3NO7/c26-15-9-5-13(6-10-15)23(35)37-19(21(32)31-18-4-2-1-3-17(18)25(28,29)30)20(22(33)34)38-24(36)14-7-11-16(27)12-8-14/h1-12,19-20H,(H,31,32)(H,33,34)/t19-,20+/m1/s1. The number of aliphatic carboxylic acids is 1. The van der Waals surface area contributed by atoms with E-state index in [0.29, 0.717) is 6.07 Å². The van der Waals surface area contributed by atoms with E-state index in [1.165, 1.54) is 54.6 Å². The predicted molar refractivity (Wildman–Crippen MR) is 129 cm³/mol. The van der Waals surface area contributed by atoms with Gasteiger partial charge in [-0.1, -0.05) is 35.3 Å². The molecule has 198 valence electrons. The molecule has 3 rings (SSSR count). The Kier molecular flexibility index (Phi) is 8.97. The molecule has 0 heterocycles. The van der Waals surface area contributed by atoms with Gasteiger partial charge in [-0.25, -0.2) is 14.4 Å². The number of carbonyl (C=O) groups excluding carboxylic acids is 3. The lowest BCUT2D eigenvalue weighted by Gasteiger charge is -2.24. The number of hydrogen-bond donors (Lipinski definition) is 2. The Bertz CT molecular complexity index is 1350. The molecule has 2 N–H and O–H groups in total. The average Bonchev–Trinajstić information content (AvgIpc) is 2.86. The molecule has 0 aliphatic rings. The molecule has 8 nitrogen and oxygen atoms in total. The van der Waals surface area contributed by atoms with Crippen molar-refractivity contribution in [2.75, 3.05) is 5.32 Å². The molecule has 0 fully saturated rings. The predicted octanol–water partition coefficient (Wildman–Crippen LogP) is 5.49. The third-order valence-corrected chi connectivity index (χ3v) is 5.40. The molecule has 3 aromatic carbocycles. The summed E-state index contributed by atoms with van der Waals surface area (Å²) in [4.78, 5) is 50.4. The number of anilines is 1. The zero-order chi connectivity index (χ0) is 28.0. The van der Waals surface area contributed by atoms with Crippen LogP contribution in [0, 0.1) is 0 Å². The number of hydrogen-bond acceptors (Lipinski definition) is 6. The first-order chi connectivity index (χ1) is 17.9. The summed E-state index contributed by atoms with van der Waals surface area (Å²) in [6, 6.07) is 13.9. The summed E-state index contributed by atoms with van der Waals surface area (Å²) < 4.78 is 50.3. The molecular weight excluding hydrogens is 554 g/mol. The van der Waals surface area contributed by atoms with E-state index in [-0.39, 0.29) is 21.2 Å². The summed E-state index contributed by atoms with van der Waals surface area (Å²) in [7, 11) is 0. The molecular formula is C25H16Cl2F3NO7. The smallest absolute Gasteiger partial charge is 0.418 e. The van der Waals surface area contributed by atoms with Crippen LogP contribution in [0.15, 0.2) is 72.8 Å². The van der Waals surface area contributed by atoms with E-state index in [1.807, 2.05) is 5.32 Å². The molecule has 0 spiro atoms. The molecule has 2 atom stereocenters. The minimum Gasteiger partial charge on any atom is -0.478 e. The van der Waals surface area contributed by atoms with Crippen LogP contribution in [0.5, 0.6) is 0 Å². The highest BCUT2D eigenvalue weighted by Gasteiger charge is 2.42. The first kappa shape index (κ1) is 28.5. The third kappa shape index (κ3) is 7.24. The van der Waals surface area contributed by atoms with Gasteiger partial charge >= 0.3 is 24.1 Å². The lowest BCUT2D eigenvalue weighted by atomic mass is 10.1. The fourth-order valence-corrected chi connectivity index (χ4v) is 3.33. The topological polar surface area (TPSA) is 119 Å². The maximum Gasteiger partial charge on any atom is 0.418 e. The van der Waals surface area contributed by atoms with Crippen LogP contribution in [-0.4, -0.2) is 41.1 Å². The average molecular weight is 570 g/mol. The number of carboxylic acid groups (broad SMARTS) is 1. The van der Waals surface area contributed by atoms with Crippen molar-refractivity contribution in [3.8, 4) is 0 Å². The lowest BCUT2D eigenvalue weighted by molar-refractivity contribution is -0.157. The Balaban J connectivity index is 1.97. The van der Waals surface area contributed by atoms with Crippen LogP contribution in [0.2, 0.25) is 10.0 Å². The maximum absolute atomic E-state index is 13.4. The lowest BCUT2D eigenvalue weighted by Crippen LogP contribution is -2.48. The molecule has 38 heavy (non-hydrogen) atoms. The third-order valence-electron chi connectivity index (χ3n) is 4.89. The van der Waals surface area contributed by atoms with E-state index >= 15 is 0 Å². The van der Waals surface area contributed by atoms with E-state index < -0.39 is 53.5 Å². The summed E-state index contributed by atoms with van der Waals surface area (Å²) in [6.07, 6.45) is -9.74. The van der Waals surface area contributed by atoms with E-state index in [4.69, 9.17) is 32.7 Å². The highest BCUT2D eigenvalue weighted by atomic mass is 35.5. The summed E-state index contributed by atoms with van der Waals surface area (Å²) in [5.41, 5.74) is -2.32. The Labute approximate surface area is 222 Å². The zero-order valence-electron chi connectivity index (χ0n) is 18.9. The molecule has 0 bridgehead atoms. The molecule has 0 saturated carbocycles. The minimum absolute atomic E-state index is 0.161. The van der Waals surface area contributed by atoms with Gasteiger partial charge in [-0.2, -0.15) is 13.2 Å². The number of rotatable bonds is 8. The molecule has 0 aliphatic carbocycles. The van der Waals surface area contributed by atoms with Crippen molar-refractivity contribution in [1.29, 1.82) is 0 Å². The Morgan fingerprint density at radius 3 is 1.63 bits per heavy atom. The fourth-order valence-electron chi connectivity index (χ4n) is 3.08. The van der Waals surface area contributed by atoms with Crippen molar-refractivity contribution in [3.05, 3.63) is 99.5 Å². The normalized spacial score (nSPS) is 12.7. The van der Waals surface area contributed by atoms with Gasteiger partial charge in [-0.15, -0.1) is 0 Å². The van der Waals surface area contributed by atoms with E-state index in [1.54, 1.807) is 0 Å². The molecule has 0 aromatic heterocycles. The summed E-state index contributed by atoms with van der Waals surface area (Å²) >= 11 is 11.5. The maximum atomic E-state index is 13.4. The van der Waals surface area contributed by atoms with Crippen molar-refractivity contribution in [1.82, 2.24) is 0 Å². The highest BCUT2D eigenvalue weighted by Crippen LogP contribution is 2.34. The molecule has 3 aromatic rings. The van der Waals surface area contributed by atoms with Crippen LogP contribution < -0.4 is 5.32 Å². The van der Waals surface area contributed by atoms with Crippen LogP contribution in [0.25, 0.3) is 0 Å². The van der Waals surface area contributed by atoms with Gasteiger partial charge in [0.2, 0.25) is 12.2 Å². The van der Waals surface area contributed by atoms with E-state index in [9.17, 15) is 37.5 Å². The van der Waals surface area contributed by atoms with Gasteiger partial charge in [0.15, 0.2) is 0 Å². The summed E-state index contributed by atoms with van der Waals surface area (Å²) in [5.74, 6) is -5.88. The van der Waals surface area contributed by atoms with Gasteiger partial charge in [0.25, 0.3) is 5.91 Å². The second-order valence-electron chi connectivity index (χ2n) is 7.54. The highest BCUT2D eigenvalue weighted by molar-refractivity contribution is 6.31. The van der Waals surface area contributed by atoms with E-state index in [2.05, 4.69) is 0 Å². The number of alkyl halides is 3. The number of carboxylic acids is 1. The van der Waals surface area contributed by atoms with Gasteiger partial charge in [-0.05, 0) is 60.7 Å². The number of carbonyl (C=O) groups is 4. The second kappa shape index (κ2) is 12.0. The van der Waals surface area contributed by atoms with Gasteiger partial charge in [0.1, 0.15) is 0 Å². The number of halogens is 5. The van der Waals surface area contributed by atoms with Crippen molar-refractivity contribution in [2.45, 2.75) is 18.4 Å². The molecule has 0 unspecified atom stereocenters. The van der Waals surface area contributed by atoms with Gasteiger partial charge in [0.05, 0.1) is 22.4 Å². The Morgan fingerprint density at radius 1 is 0.737 bits per heavy atom. The number of amides is 1. The summed E-state index contributed by atoms with van der Waals surface area (Å²) in [5, 5.41) is 12.2. The first-order valence-electron chi connectivity index (χ1n) is 10.5. The van der Waals surface area contributed by atoms with Crippen molar-refractivity contribution < 1.29 is 46.9 Å². The molecule has 1 amide bonds. The Hall–Kier alpha value is -4.09. The number of para-hydroxylation sites is 1. The number of ether oxygens (including phenoxy) is 2. The SMILES string of the molecule is O=C(O[C@H](C(=O)O)[C@@H](OC(=O)c1ccc(Cl)cc1)C(=O)Nc1ccccc1C(F)(F)F)c1ccc(Cl)cc1. The largest absolute Gasteiger partial charge is 0.478 e. The molecule has 13 heteroatoms. The van der Waals surface area contributed by atoms with Gasteiger partial charge in [-0.3, -0.25) is 4.79 Å². The van der Waals surface area contributed by atoms with Crippen LogP contribution in [-0.2, 0) is 25.2 Å². The summed E-state index contributed by atoms with van der Waals surface area (Å²) in [6.45, 7) is 0. The van der Waals surface area contributed by atoms with Gasteiger partial charge < -0.3 is 19.9 Å². The van der Waals surface area contributed by atoms with Crippen LogP contribution in [0.3, 0.4) is 0 Å². The number of benzene rings is 3.